The van der Waals surface area contributed by atoms with Crippen LogP contribution in [0.3, 0.4) is 0 Å². The van der Waals surface area contributed by atoms with Crippen LogP contribution in [0.25, 0.3) is 0 Å². The van der Waals surface area contributed by atoms with Gasteiger partial charge in [0.15, 0.2) is 12.4 Å². The van der Waals surface area contributed by atoms with Crippen LogP contribution in [-0.4, -0.2) is 77.5 Å². The lowest BCUT2D eigenvalue weighted by Gasteiger charge is -2.27. The summed E-state index contributed by atoms with van der Waals surface area (Å²) < 4.78 is 28.2. The molecule has 0 amide bonds. The quantitative estimate of drug-likeness (QED) is 0.496. The van der Waals surface area contributed by atoms with Crippen LogP contribution >= 0.6 is 0 Å². The Hall–Kier alpha value is -2.92. The van der Waals surface area contributed by atoms with Crippen LogP contribution in [0, 0.1) is 0 Å². The van der Waals surface area contributed by atoms with E-state index in [1.807, 2.05) is 6.92 Å². The molecule has 1 aliphatic rings. The van der Waals surface area contributed by atoms with Crippen LogP contribution in [0.15, 0.2) is 49.1 Å². The van der Waals surface area contributed by atoms with Crippen LogP contribution in [0.4, 0.5) is 0 Å². The molecular formula is C23H28N2O8. The fourth-order valence-corrected chi connectivity index (χ4v) is 3.32. The molecule has 0 saturated carbocycles. The number of hydrogen-bond acceptors (Lipinski definition) is 10. The van der Waals surface area contributed by atoms with Crippen molar-refractivity contribution < 1.29 is 38.4 Å². The van der Waals surface area contributed by atoms with Gasteiger partial charge in [0.25, 0.3) is 0 Å². The third-order valence-corrected chi connectivity index (χ3v) is 4.87. The van der Waals surface area contributed by atoms with Gasteiger partial charge >= 0.3 is 11.9 Å². The summed E-state index contributed by atoms with van der Waals surface area (Å²) in [6, 6.07) is 6.31. The Balaban J connectivity index is 1.80. The number of carbonyl (C=O) groups is 2. The lowest BCUT2D eigenvalue weighted by atomic mass is 10.1. The molecule has 178 valence electrons. The van der Waals surface area contributed by atoms with Crippen molar-refractivity contribution in [2.45, 2.75) is 51.0 Å². The number of nitrogens with zero attached hydrogens (tertiary/aromatic N) is 2. The lowest BCUT2D eigenvalue weighted by Crippen LogP contribution is -2.45. The van der Waals surface area contributed by atoms with E-state index in [-0.39, 0.29) is 17.7 Å². The summed E-state index contributed by atoms with van der Waals surface area (Å²) in [6.07, 6.45) is 1.52. The molecule has 3 rings (SSSR count). The second-order valence-corrected chi connectivity index (χ2v) is 7.28. The predicted molar refractivity (Wildman–Crippen MR) is 114 cm³/mol. The summed E-state index contributed by atoms with van der Waals surface area (Å²) in [4.78, 5) is 33.0. The number of aliphatic hydroxyl groups excluding tert-OH is 1. The van der Waals surface area contributed by atoms with Gasteiger partial charge in [-0.15, -0.1) is 0 Å². The van der Waals surface area contributed by atoms with Gasteiger partial charge in [-0.1, -0.05) is 6.92 Å². The van der Waals surface area contributed by atoms with Crippen molar-refractivity contribution >= 4 is 11.9 Å². The second-order valence-electron chi connectivity index (χ2n) is 7.28. The average Bonchev–Trinajstić information content (AvgIpc) is 3.16. The van der Waals surface area contributed by atoms with E-state index >= 15 is 0 Å². The first-order valence-corrected chi connectivity index (χ1v) is 10.8. The van der Waals surface area contributed by atoms with Crippen molar-refractivity contribution in [3.05, 3.63) is 60.2 Å². The molecule has 0 bridgehead atoms. The SMILES string of the molecule is CCCO[C@H]1[C@@H]([C@@H](COC(=O)c2cccnc2)OC(=O)c2cccnc2)OC(OCC)[C@@H]1O. The minimum atomic E-state index is -1.12. The first-order valence-electron chi connectivity index (χ1n) is 10.8. The molecule has 0 aliphatic carbocycles. The molecule has 1 saturated heterocycles. The molecule has 2 aromatic heterocycles. The van der Waals surface area contributed by atoms with Crippen molar-refractivity contribution in [3.63, 3.8) is 0 Å². The van der Waals surface area contributed by atoms with Gasteiger partial charge in [0, 0.05) is 38.0 Å². The molecule has 1 N–H and O–H groups in total. The Kier molecular flexibility index (Phi) is 9.25. The van der Waals surface area contributed by atoms with Crippen LogP contribution in [0.5, 0.6) is 0 Å². The van der Waals surface area contributed by atoms with Crippen molar-refractivity contribution in [1.82, 2.24) is 9.97 Å². The molecule has 33 heavy (non-hydrogen) atoms. The first-order chi connectivity index (χ1) is 16.0. The Labute approximate surface area is 191 Å². The molecule has 1 fully saturated rings. The number of ether oxygens (including phenoxy) is 5. The van der Waals surface area contributed by atoms with Gasteiger partial charge in [-0.05, 0) is 37.6 Å². The van der Waals surface area contributed by atoms with Gasteiger partial charge in [0.1, 0.15) is 24.9 Å². The number of aromatic nitrogens is 2. The van der Waals surface area contributed by atoms with Gasteiger partial charge in [-0.3, -0.25) is 9.97 Å². The molecule has 2 aromatic rings. The number of pyridine rings is 2. The molecular weight excluding hydrogens is 432 g/mol. The molecule has 3 heterocycles. The number of esters is 2. The summed E-state index contributed by atoms with van der Waals surface area (Å²) in [7, 11) is 0. The van der Waals surface area contributed by atoms with Crippen molar-refractivity contribution in [3.8, 4) is 0 Å². The zero-order valence-corrected chi connectivity index (χ0v) is 18.5. The van der Waals surface area contributed by atoms with Crippen molar-refractivity contribution in [2.24, 2.45) is 0 Å². The summed E-state index contributed by atoms with van der Waals surface area (Å²) in [5.41, 5.74) is 0.459. The molecule has 0 spiro atoms. The van der Waals surface area contributed by atoms with E-state index in [1.54, 1.807) is 31.2 Å². The zero-order valence-electron chi connectivity index (χ0n) is 18.5. The average molecular weight is 460 g/mol. The fourth-order valence-electron chi connectivity index (χ4n) is 3.32. The third-order valence-electron chi connectivity index (χ3n) is 4.87. The fraction of sp³-hybridized carbons (Fsp3) is 0.478. The van der Waals surface area contributed by atoms with E-state index < -0.39 is 42.6 Å². The number of rotatable bonds is 11. The summed E-state index contributed by atoms with van der Waals surface area (Å²) in [6.45, 7) is 4.00. The van der Waals surface area contributed by atoms with Gasteiger partial charge in [0.05, 0.1) is 11.1 Å². The van der Waals surface area contributed by atoms with Gasteiger partial charge in [0.2, 0.25) is 0 Å². The molecule has 5 atom stereocenters. The maximum atomic E-state index is 12.7. The molecule has 0 radical (unpaired) electrons. The molecule has 1 unspecified atom stereocenters. The monoisotopic (exact) mass is 460 g/mol. The summed E-state index contributed by atoms with van der Waals surface area (Å²) >= 11 is 0. The standard InChI is InChI=1S/C23H28N2O8/c1-3-11-30-20-18(26)23(29-4-2)33-19(20)17(32-22(28)16-8-6-10-25-13-16)14-31-21(27)15-7-5-9-24-12-15/h5-10,12-13,17-20,23,26H,3-4,11,14H2,1-2H3/t17-,18-,19-,20-,23?/m1/s1. The van der Waals surface area contributed by atoms with Crippen LogP contribution in [0.2, 0.25) is 0 Å². The van der Waals surface area contributed by atoms with Gasteiger partial charge < -0.3 is 28.8 Å². The van der Waals surface area contributed by atoms with Crippen molar-refractivity contribution in [1.29, 1.82) is 0 Å². The number of carbonyl (C=O) groups excluding carboxylic acids is 2. The Bertz CT molecular complexity index is 883. The van der Waals surface area contributed by atoms with E-state index in [2.05, 4.69) is 9.97 Å². The minimum absolute atomic E-state index is 0.215. The van der Waals surface area contributed by atoms with Crippen LogP contribution in [0.1, 0.15) is 41.0 Å². The molecule has 1 aliphatic heterocycles. The highest BCUT2D eigenvalue weighted by Gasteiger charge is 2.50. The highest BCUT2D eigenvalue weighted by molar-refractivity contribution is 5.89. The van der Waals surface area contributed by atoms with Crippen molar-refractivity contribution in [2.75, 3.05) is 19.8 Å². The Morgan fingerprint density at radius 1 is 1.06 bits per heavy atom. The maximum absolute atomic E-state index is 12.7. The summed E-state index contributed by atoms with van der Waals surface area (Å²) in [5, 5.41) is 10.7. The second kappa shape index (κ2) is 12.4. The minimum Gasteiger partial charge on any atom is -0.458 e. The first kappa shape index (κ1) is 24.7. The molecule has 10 heteroatoms. The highest BCUT2D eigenvalue weighted by atomic mass is 16.7. The Morgan fingerprint density at radius 3 is 2.30 bits per heavy atom. The highest BCUT2D eigenvalue weighted by Crippen LogP contribution is 2.29. The maximum Gasteiger partial charge on any atom is 0.340 e. The van der Waals surface area contributed by atoms with E-state index in [0.717, 1.165) is 0 Å². The zero-order chi connectivity index (χ0) is 23.6. The van der Waals surface area contributed by atoms with Crippen LogP contribution < -0.4 is 0 Å². The molecule has 10 nitrogen and oxygen atoms in total. The van der Waals surface area contributed by atoms with Crippen LogP contribution in [-0.2, 0) is 23.7 Å². The smallest absolute Gasteiger partial charge is 0.340 e. The number of aliphatic hydroxyl groups is 1. The van der Waals surface area contributed by atoms with E-state index in [4.69, 9.17) is 23.7 Å². The van der Waals surface area contributed by atoms with Gasteiger partial charge in [-0.25, -0.2) is 9.59 Å². The lowest BCUT2D eigenvalue weighted by molar-refractivity contribution is -0.178. The Morgan fingerprint density at radius 2 is 1.73 bits per heavy atom. The molecule has 0 aromatic carbocycles. The largest absolute Gasteiger partial charge is 0.458 e. The normalized spacial score (nSPS) is 23.1. The number of hydrogen-bond donors (Lipinski definition) is 1. The predicted octanol–water partition coefficient (Wildman–Crippen LogP) is 1.78. The third kappa shape index (κ3) is 6.55. The van der Waals surface area contributed by atoms with E-state index in [0.29, 0.717) is 19.6 Å². The topological polar surface area (TPSA) is 126 Å². The van der Waals surface area contributed by atoms with E-state index in [9.17, 15) is 14.7 Å². The van der Waals surface area contributed by atoms with Gasteiger partial charge in [-0.2, -0.15) is 0 Å². The van der Waals surface area contributed by atoms with E-state index in [1.165, 1.54) is 24.8 Å². The summed E-state index contributed by atoms with van der Waals surface area (Å²) in [5.74, 6) is -1.32.